The molecule has 2 aliphatic rings. The summed E-state index contributed by atoms with van der Waals surface area (Å²) in [5, 5.41) is 0. The van der Waals surface area contributed by atoms with Gasteiger partial charge in [-0.1, -0.05) is 58.3 Å². The molecule has 23 heavy (non-hydrogen) atoms. The molecule has 2 heterocycles. The highest BCUT2D eigenvalue weighted by Crippen LogP contribution is 2.42. The van der Waals surface area contributed by atoms with Crippen LogP contribution in [0.4, 0.5) is 0 Å². The first-order valence-corrected chi connectivity index (χ1v) is 15.2. The summed E-state index contributed by atoms with van der Waals surface area (Å²) in [5.41, 5.74) is 0.877. The van der Waals surface area contributed by atoms with Gasteiger partial charge in [0, 0.05) is 12.7 Å². The average Bonchev–Trinajstić information content (AvgIpc) is 2.54. The van der Waals surface area contributed by atoms with E-state index in [0.29, 0.717) is 6.10 Å². The normalized spacial score (nSPS) is 33.5. The monoisotopic (exact) mass is 356 g/mol. The van der Waals surface area contributed by atoms with Gasteiger partial charge in [-0.2, -0.15) is 0 Å². The Labute approximate surface area is 147 Å². The molecule has 0 saturated carbocycles. The third-order valence-corrected chi connectivity index (χ3v) is 14.0. The Morgan fingerprint density at radius 1 is 1.13 bits per heavy atom. The fourth-order valence-electron chi connectivity index (χ4n) is 4.60. The molecule has 136 valence electrons. The minimum atomic E-state index is -1.53. The standard InChI is InChI=1S/C19H40O2Si2/c1-4-5-6-7-8-13-19(17-22-15-10-9-14-20-22)23(3)16-11-12-18(2)21-23/h18-19,22H,4-17H2,1-3H3. The molecule has 0 radical (unpaired) electrons. The fraction of sp³-hybridized carbons (Fsp3) is 1.00. The van der Waals surface area contributed by atoms with Crippen molar-refractivity contribution in [1.82, 2.24) is 0 Å². The van der Waals surface area contributed by atoms with Crippen LogP contribution in [-0.4, -0.2) is 30.1 Å². The summed E-state index contributed by atoms with van der Waals surface area (Å²) in [4.78, 5) is 0. The van der Waals surface area contributed by atoms with Gasteiger partial charge in [0.1, 0.15) is 0 Å². The van der Waals surface area contributed by atoms with Crippen molar-refractivity contribution in [3.8, 4) is 0 Å². The second kappa shape index (κ2) is 10.4. The Morgan fingerprint density at radius 2 is 1.96 bits per heavy atom. The highest BCUT2D eigenvalue weighted by Gasteiger charge is 2.42. The van der Waals surface area contributed by atoms with Crippen molar-refractivity contribution in [2.45, 2.75) is 114 Å². The van der Waals surface area contributed by atoms with Crippen LogP contribution < -0.4 is 0 Å². The Hall–Kier alpha value is 0.354. The van der Waals surface area contributed by atoms with Crippen LogP contribution in [-0.2, 0) is 8.85 Å². The molecule has 0 aliphatic carbocycles. The van der Waals surface area contributed by atoms with E-state index in [4.69, 9.17) is 8.85 Å². The third kappa shape index (κ3) is 6.64. The van der Waals surface area contributed by atoms with Crippen LogP contribution in [0.2, 0.25) is 30.2 Å². The van der Waals surface area contributed by atoms with Gasteiger partial charge in [0.15, 0.2) is 17.4 Å². The number of unbranched alkanes of at least 4 members (excludes halogenated alkanes) is 4. The van der Waals surface area contributed by atoms with E-state index >= 15 is 0 Å². The van der Waals surface area contributed by atoms with E-state index in [2.05, 4.69) is 20.4 Å². The summed E-state index contributed by atoms with van der Waals surface area (Å²) in [6.45, 7) is 8.21. The van der Waals surface area contributed by atoms with Crippen molar-refractivity contribution in [2.24, 2.45) is 0 Å². The summed E-state index contributed by atoms with van der Waals surface area (Å²) in [6.07, 6.45) is 14.4. The van der Waals surface area contributed by atoms with E-state index < -0.39 is 17.4 Å². The molecule has 0 bridgehead atoms. The van der Waals surface area contributed by atoms with E-state index in [1.54, 1.807) is 0 Å². The van der Waals surface area contributed by atoms with Crippen molar-refractivity contribution in [3.05, 3.63) is 0 Å². The molecule has 0 aromatic carbocycles. The molecule has 2 saturated heterocycles. The lowest BCUT2D eigenvalue weighted by Crippen LogP contribution is -2.47. The maximum Gasteiger partial charge on any atom is 0.193 e. The van der Waals surface area contributed by atoms with Crippen LogP contribution in [0, 0.1) is 0 Å². The minimum absolute atomic E-state index is 0.511. The molecular weight excluding hydrogens is 316 g/mol. The third-order valence-electron chi connectivity index (χ3n) is 6.10. The lowest BCUT2D eigenvalue weighted by molar-refractivity contribution is 0.169. The van der Waals surface area contributed by atoms with Crippen LogP contribution in [0.5, 0.6) is 0 Å². The summed E-state index contributed by atoms with van der Waals surface area (Å²) in [7, 11) is -2.46. The topological polar surface area (TPSA) is 18.5 Å². The Morgan fingerprint density at radius 3 is 2.65 bits per heavy atom. The molecule has 2 rings (SSSR count). The van der Waals surface area contributed by atoms with E-state index in [9.17, 15) is 0 Å². The minimum Gasteiger partial charge on any atom is -0.420 e. The van der Waals surface area contributed by atoms with E-state index in [1.165, 1.54) is 82.3 Å². The van der Waals surface area contributed by atoms with E-state index in [0.717, 1.165) is 12.1 Å². The van der Waals surface area contributed by atoms with E-state index in [-0.39, 0.29) is 0 Å². The van der Waals surface area contributed by atoms with Crippen molar-refractivity contribution in [2.75, 3.05) is 6.61 Å². The number of hydrogen-bond donors (Lipinski definition) is 0. The molecular formula is C19H40O2Si2. The highest BCUT2D eigenvalue weighted by atomic mass is 28.4. The van der Waals surface area contributed by atoms with Crippen LogP contribution in [0.1, 0.15) is 78.1 Å². The Bertz CT molecular complexity index is 320. The second-order valence-electron chi connectivity index (χ2n) is 8.26. The van der Waals surface area contributed by atoms with Gasteiger partial charge >= 0.3 is 0 Å². The zero-order valence-corrected chi connectivity index (χ0v) is 18.1. The summed E-state index contributed by atoms with van der Waals surface area (Å²) >= 11 is 0. The molecule has 0 spiro atoms. The zero-order valence-electron chi connectivity index (χ0n) is 15.9. The fourth-order valence-corrected chi connectivity index (χ4v) is 13.5. The largest absolute Gasteiger partial charge is 0.420 e. The molecule has 0 amide bonds. The SMILES string of the molecule is CCCCCCCC(C[SiH]1CCCCO1)[Si]1(C)CCCC(C)O1. The molecule has 4 atom stereocenters. The van der Waals surface area contributed by atoms with Crippen LogP contribution in [0.3, 0.4) is 0 Å². The molecule has 2 aliphatic heterocycles. The molecule has 0 N–H and O–H groups in total. The first-order valence-electron chi connectivity index (χ1n) is 10.4. The highest BCUT2D eigenvalue weighted by molar-refractivity contribution is 6.75. The zero-order chi connectivity index (χ0) is 16.5. The van der Waals surface area contributed by atoms with Crippen LogP contribution in [0.15, 0.2) is 0 Å². The van der Waals surface area contributed by atoms with E-state index in [1.807, 2.05) is 0 Å². The second-order valence-corrected chi connectivity index (χ2v) is 15.1. The molecule has 4 heteroatoms. The Balaban J connectivity index is 1.89. The molecule has 2 nitrogen and oxygen atoms in total. The summed E-state index contributed by atoms with van der Waals surface area (Å²) in [6, 6.07) is 4.24. The lowest BCUT2D eigenvalue weighted by Gasteiger charge is -2.42. The number of rotatable bonds is 9. The van der Waals surface area contributed by atoms with Crippen LogP contribution >= 0.6 is 0 Å². The average molecular weight is 357 g/mol. The van der Waals surface area contributed by atoms with Crippen molar-refractivity contribution < 1.29 is 8.85 Å². The molecule has 0 aromatic rings. The van der Waals surface area contributed by atoms with Gasteiger partial charge in [0.05, 0.1) is 0 Å². The van der Waals surface area contributed by atoms with Crippen molar-refractivity contribution in [1.29, 1.82) is 0 Å². The lowest BCUT2D eigenvalue weighted by atomic mass is 10.1. The predicted octanol–water partition coefficient (Wildman–Crippen LogP) is 6.03. The first-order chi connectivity index (χ1) is 11.1. The molecule has 0 aromatic heterocycles. The van der Waals surface area contributed by atoms with Gasteiger partial charge in [-0.05, 0) is 50.0 Å². The molecule has 2 fully saturated rings. The van der Waals surface area contributed by atoms with Gasteiger partial charge in [-0.25, -0.2) is 0 Å². The van der Waals surface area contributed by atoms with Gasteiger partial charge < -0.3 is 8.85 Å². The van der Waals surface area contributed by atoms with Gasteiger partial charge in [-0.3, -0.25) is 0 Å². The summed E-state index contributed by atoms with van der Waals surface area (Å²) < 4.78 is 12.9. The smallest absolute Gasteiger partial charge is 0.193 e. The van der Waals surface area contributed by atoms with Gasteiger partial charge in [0.2, 0.25) is 0 Å². The Kier molecular flexibility index (Phi) is 8.87. The maximum atomic E-state index is 6.66. The van der Waals surface area contributed by atoms with Crippen LogP contribution in [0.25, 0.3) is 0 Å². The van der Waals surface area contributed by atoms with Crippen molar-refractivity contribution >= 4 is 17.4 Å². The van der Waals surface area contributed by atoms with Gasteiger partial charge in [-0.15, -0.1) is 0 Å². The first kappa shape index (κ1) is 19.7. The molecule has 4 unspecified atom stereocenters. The van der Waals surface area contributed by atoms with Gasteiger partial charge in [0.25, 0.3) is 0 Å². The number of hydrogen-bond acceptors (Lipinski definition) is 2. The predicted molar refractivity (Wildman–Crippen MR) is 105 cm³/mol. The maximum absolute atomic E-state index is 6.66. The van der Waals surface area contributed by atoms with Crippen molar-refractivity contribution in [3.63, 3.8) is 0 Å². The quantitative estimate of drug-likeness (QED) is 0.371. The summed E-state index contributed by atoms with van der Waals surface area (Å²) in [5.74, 6) is 0.